The van der Waals surface area contributed by atoms with E-state index >= 15 is 0 Å². The highest BCUT2D eigenvalue weighted by Crippen LogP contribution is 2.35. The van der Waals surface area contributed by atoms with Crippen LogP contribution in [0.1, 0.15) is 77.2 Å². The molecule has 7 nitrogen and oxygen atoms in total. The van der Waals surface area contributed by atoms with Crippen molar-refractivity contribution < 1.29 is 29.4 Å². The van der Waals surface area contributed by atoms with Gasteiger partial charge in [-0.25, -0.2) is 0 Å². The molecule has 0 aliphatic rings. The van der Waals surface area contributed by atoms with Crippen LogP contribution in [-0.2, 0) is 20.9 Å². The fourth-order valence-electron chi connectivity index (χ4n) is 3.23. The zero-order valence-corrected chi connectivity index (χ0v) is 19.1. The van der Waals surface area contributed by atoms with Crippen LogP contribution in [0.4, 0.5) is 0 Å². The van der Waals surface area contributed by atoms with Crippen LogP contribution in [0.2, 0.25) is 0 Å². The van der Waals surface area contributed by atoms with Gasteiger partial charge in [0.1, 0.15) is 0 Å². The average molecular weight is 422 g/mol. The Balaban J connectivity index is 0.00000407. The lowest BCUT2D eigenvalue weighted by atomic mass is 9.74. The van der Waals surface area contributed by atoms with E-state index in [1.165, 1.54) is 11.8 Å². The lowest BCUT2D eigenvalue weighted by Crippen LogP contribution is -2.44. The summed E-state index contributed by atoms with van der Waals surface area (Å²) in [5.41, 5.74) is -0.770. The van der Waals surface area contributed by atoms with Crippen LogP contribution in [0.25, 0.3) is 0 Å². The molecule has 1 aromatic carbocycles. The molecule has 0 aromatic heterocycles. The molecule has 0 fully saturated rings. The second-order valence-corrected chi connectivity index (χ2v) is 8.37. The van der Waals surface area contributed by atoms with E-state index in [0.717, 1.165) is 5.56 Å². The highest BCUT2D eigenvalue weighted by Gasteiger charge is 2.40. The van der Waals surface area contributed by atoms with Gasteiger partial charge >= 0.3 is 11.9 Å². The number of carbonyl (C=O) groups is 4. The number of rotatable bonds is 10. The predicted molar refractivity (Wildman–Crippen MR) is 115 cm³/mol. The first kappa shape index (κ1) is 27.3. The molecule has 0 saturated carbocycles. The Bertz CT molecular complexity index is 749. The van der Waals surface area contributed by atoms with Gasteiger partial charge in [0.25, 0.3) is 0 Å². The van der Waals surface area contributed by atoms with Gasteiger partial charge in [0, 0.05) is 24.1 Å². The second-order valence-electron chi connectivity index (χ2n) is 8.37. The molecule has 1 aromatic rings. The molecular weight excluding hydrogens is 386 g/mol. The van der Waals surface area contributed by atoms with Gasteiger partial charge < -0.3 is 15.1 Å². The summed E-state index contributed by atoms with van der Waals surface area (Å²) in [6, 6.07) is 6.78. The number of carbonyl (C=O) groups excluding carboxylic acids is 2. The van der Waals surface area contributed by atoms with Gasteiger partial charge in [0.2, 0.25) is 5.91 Å². The van der Waals surface area contributed by atoms with Crippen molar-refractivity contribution in [2.45, 2.75) is 67.9 Å². The summed E-state index contributed by atoms with van der Waals surface area (Å²) in [4.78, 5) is 48.5. The lowest BCUT2D eigenvalue weighted by molar-refractivity contribution is -0.152. The molecule has 0 unspecified atom stereocenters. The van der Waals surface area contributed by atoms with Crippen molar-refractivity contribution in [2.24, 2.45) is 10.8 Å². The van der Waals surface area contributed by atoms with Crippen molar-refractivity contribution in [3.8, 4) is 0 Å². The van der Waals surface area contributed by atoms with E-state index in [2.05, 4.69) is 0 Å². The summed E-state index contributed by atoms with van der Waals surface area (Å²) in [5.74, 6) is -2.39. The predicted octanol–water partition coefficient (Wildman–Crippen LogP) is 4.25. The van der Waals surface area contributed by atoms with Crippen molar-refractivity contribution in [3.05, 3.63) is 35.4 Å². The number of carboxylic acids is 2. The zero-order valence-electron chi connectivity index (χ0n) is 19.1. The topological polar surface area (TPSA) is 112 Å². The number of hydrogen-bond acceptors (Lipinski definition) is 4. The van der Waals surface area contributed by atoms with E-state index in [0.29, 0.717) is 5.56 Å². The number of aliphatic carboxylic acids is 2. The van der Waals surface area contributed by atoms with E-state index in [1.54, 1.807) is 52.0 Å². The minimum atomic E-state index is -1.10. The Morgan fingerprint density at radius 1 is 0.900 bits per heavy atom. The van der Waals surface area contributed by atoms with Crippen molar-refractivity contribution in [1.29, 1.82) is 0 Å². The van der Waals surface area contributed by atoms with Crippen molar-refractivity contribution in [2.75, 3.05) is 6.54 Å². The van der Waals surface area contributed by atoms with E-state index in [4.69, 9.17) is 5.11 Å². The molecule has 0 atom stereocenters. The summed E-state index contributed by atoms with van der Waals surface area (Å²) >= 11 is 0. The van der Waals surface area contributed by atoms with Crippen LogP contribution in [0.15, 0.2) is 24.3 Å². The average Bonchev–Trinajstić information content (AvgIpc) is 2.65. The minimum Gasteiger partial charge on any atom is -0.481 e. The number of nitrogens with zero attached hydrogens (tertiary/aromatic N) is 1. The molecule has 168 valence electrons. The Hall–Kier alpha value is -2.70. The maximum absolute atomic E-state index is 13.1. The van der Waals surface area contributed by atoms with E-state index < -0.39 is 22.8 Å². The second kappa shape index (κ2) is 11.5. The van der Waals surface area contributed by atoms with E-state index in [-0.39, 0.29) is 37.6 Å². The fourth-order valence-corrected chi connectivity index (χ4v) is 3.23. The lowest BCUT2D eigenvalue weighted by Gasteiger charge is -2.35. The smallest absolute Gasteiger partial charge is 0.309 e. The Kier molecular flexibility index (Phi) is 10.4. The van der Waals surface area contributed by atoms with Crippen LogP contribution in [-0.4, -0.2) is 45.3 Å². The summed E-state index contributed by atoms with van der Waals surface area (Å²) in [7, 11) is 0. The normalized spacial score (nSPS) is 11.2. The number of benzene rings is 1. The third-order valence-electron chi connectivity index (χ3n) is 4.66. The first-order valence-corrected chi connectivity index (χ1v) is 10.1. The largest absolute Gasteiger partial charge is 0.481 e. The molecule has 0 spiro atoms. The van der Waals surface area contributed by atoms with Crippen LogP contribution in [0.3, 0.4) is 0 Å². The minimum absolute atomic E-state index is 0.0134. The summed E-state index contributed by atoms with van der Waals surface area (Å²) in [6.07, 6.45) is -0.101. The number of hydrogen-bond donors (Lipinski definition) is 2. The summed E-state index contributed by atoms with van der Waals surface area (Å²) < 4.78 is 0. The highest BCUT2D eigenvalue weighted by molar-refractivity contribution is 5.94. The van der Waals surface area contributed by atoms with Gasteiger partial charge in [-0.1, -0.05) is 52.0 Å². The van der Waals surface area contributed by atoms with Gasteiger partial charge in [-0.3, -0.25) is 19.2 Å². The first-order valence-electron chi connectivity index (χ1n) is 10.1. The number of carboxylic acid groups (broad SMARTS) is 2. The monoisotopic (exact) mass is 421 g/mol. The molecule has 0 bridgehead atoms. The van der Waals surface area contributed by atoms with Crippen LogP contribution >= 0.6 is 0 Å². The van der Waals surface area contributed by atoms with Crippen molar-refractivity contribution >= 4 is 23.6 Å². The standard InChI is InChI=1S/C21H29NO6.C2H6/c1-14(23)16-8-6-15(7-9-16)12-22(11-10-17(24)25)18(26)20(2,3)13-21(4,5)19(27)28;1-2/h6-9H,10-13H2,1-5H3,(H,24,25)(H,27,28);1-2H3. The Labute approximate surface area is 179 Å². The van der Waals surface area contributed by atoms with Crippen molar-refractivity contribution in [3.63, 3.8) is 0 Å². The molecule has 1 amide bonds. The molecule has 0 aliphatic carbocycles. The molecule has 0 heterocycles. The molecule has 0 radical (unpaired) electrons. The molecular formula is C23H35NO6. The fraction of sp³-hybridized carbons (Fsp3) is 0.565. The van der Waals surface area contributed by atoms with E-state index in [1.807, 2.05) is 13.8 Å². The third-order valence-corrected chi connectivity index (χ3v) is 4.66. The quantitative estimate of drug-likeness (QED) is 0.546. The molecule has 1 rings (SSSR count). The van der Waals surface area contributed by atoms with Crippen LogP contribution in [0.5, 0.6) is 0 Å². The molecule has 0 aliphatic heterocycles. The first-order chi connectivity index (χ1) is 13.8. The van der Waals surface area contributed by atoms with Gasteiger partial charge in [0.05, 0.1) is 11.8 Å². The van der Waals surface area contributed by atoms with Crippen LogP contribution in [0, 0.1) is 10.8 Å². The van der Waals surface area contributed by atoms with Gasteiger partial charge in [-0.15, -0.1) is 0 Å². The Morgan fingerprint density at radius 2 is 1.40 bits per heavy atom. The Morgan fingerprint density at radius 3 is 1.80 bits per heavy atom. The third kappa shape index (κ3) is 8.35. The number of Topliss-reactive ketones (excluding diaryl/α,β-unsaturated/α-hetero) is 1. The van der Waals surface area contributed by atoms with Crippen LogP contribution < -0.4 is 0 Å². The van der Waals surface area contributed by atoms with Gasteiger partial charge in [-0.05, 0) is 32.8 Å². The van der Waals surface area contributed by atoms with E-state index in [9.17, 15) is 24.3 Å². The highest BCUT2D eigenvalue weighted by atomic mass is 16.4. The molecule has 30 heavy (non-hydrogen) atoms. The zero-order chi connectivity index (χ0) is 23.7. The SMILES string of the molecule is CC.CC(=O)c1ccc(CN(CCC(=O)O)C(=O)C(C)(C)CC(C)(C)C(=O)O)cc1. The number of amides is 1. The molecule has 7 heteroatoms. The van der Waals surface area contributed by atoms with Gasteiger partial charge in [0.15, 0.2) is 5.78 Å². The molecule has 0 saturated heterocycles. The van der Waals surface area contributed by atoms with Gasteiger partial charge in [-0.2, -0.15) is 0 Å². The summed E-state index contributed by atoms with van der Waals surface area (Å²) in [5, 5.41) is 18.4. The van der Waals surface area contributed by atoms with Crippen molar-refractivity contribution in [1.82, 2.24) is 4.90 Å². The maximum atomic E-state index is 13.1. The molecule has 2 N–H and O–H groups in total. The maximum Gasteiger partial charge on any atom is 0.309 e. The number of ketones is 1. The summed E-state index contributed by atoms with van der Waals surface area (Å²) in [6.45, 7) is 12.1.